The van der Waals surface area contributed by atoms with Crippen molar-refractivity contribution in [2.45, 2.75) is 57.7 Å². The van der Waals surface area contributed by atoms with Crippen LogP contribution in [0.2, 0.25) is 0 Å². The minimum absolute atomic E-state index is 0.0805. The molecule has 0 radical (unpaired) electrons. The predicted octanol–water partition coefficient (Wildman–Crippen LogP) is 2.87. The molecular weight excluding hydrogens is 304 g/mol. The van der Waals surface area contributed by atoms with Crippen molar-refractivity contribution in [2.75, 3.05) is 0 Å². The van der Waals surface area contributed by atoms with Crippen molar-refractivity contribution < 1.29 is 9.53 Å². The molecule has 3 rings (SSSR count). The maximum atomic E-state index is 12.1. The zero-order valence-electron chi connectivity index (χ0n) is 14.0. The van der Waals surface area contributed by atoms with Gasteiger partial charge in [-0.3, -0.25) is 4.79 Å². The van der Waals surface area contributed by atoms with E-state index in [4.69, 9.17) is 4.74 Å². The van der Waals surface area contributed by atoms with E-state index in [0.717, 1.165) is 24.2 Å². The average Bonchev–Trinajstić information content (AvgIpc) is 3.16. The molecule has 0 aliphatic heterocycles. The molecule has 1 N–H and O–H groups in total. The number of benzene rings is 1. The van der Waals surface area contributed by atoms with Gasteiger partial charge in [0.05, 0.1) is 6.10 Å². The number of amides is 1. The number of aromatic nitrogens is 3. The minimum Gasteiger partial charge on any atom is -0.490 e. The molecule has 1 fully saturated rings. The lowest BCUT2D eigenvalue weighted by Gasteiger charge is -2.23. The van der Waals surface area contributed by atoms with Crippen molar-refractivity contribution in [1.82, 2.24) is 20.1 Å². The summed E-state index contributed by atoms with van der Waals surface area (Å²) in [5.41, 5.74) is 1.05. The molecule has 0 spiro atoms. The van der Waals surface area contributed by atoms with Crippen molar-refractivity contribution in [3.63, 3.8) is 0 Å². The molecule has 1 heterocycles. The highest BCUT2D eigenvalue weighted by atomic mass is 16.5. The van der Waals surface area contributed by atoms with E-state index in [0.29, 0.717) is 12.6 Å². The van der Waals surface area contributed by atoms with E-state index in [9.17, 15) is 4.79 Å². The van der Waals surface area contributed by atoms with Crippen molar-refractivity contribution in [1.29, 1.82) is 0 Å². The Balaban J connectivity index is 1.48. The molecule has 2 aromatic rings. The quantitative estimate of drug-likeness (QED) is 0.885. The molecule has 1 atom stereocenters. The first kappa shape index (κ1) is 16.5. The first-order valence-electron chi connectivity index (χ1n) is 8.60. The third-order valence-electron chi connectivity index (χ3n) is 4.46. The molecule has 1 aliphatic carbocycles. The maximum Gasteiger partial charge on any atom is 0.244 e. The summed E-state index contributed by atoms with van der Waals surface area (Å²) in [6, 6.07) is 7.59. The average molecular weight is 328 g/mol. The van der Waals surface area contributed by atoms with Crippen LogP contribution >= 0.6 is 0 Å². The Morgan fingerprint density at radius 1 is 1.29 bits per heavy atom. The number of hydrogen-bond acceptors (Lipinski definition) is 4. The van der Waals surface area contributed by atoms with Gasteiger partial charge in [-0.25, -0.2) is 9.67 Å². The van der Waals surface area contributed by atoms with Crippen LogP contribution in [0.1, 0.15) is 50.6 Å². The molecular formula is C18H24N4O2. The number of carbonyl (C=O) groups is 1. The molecule has 0 bridgehead atoms. The van der Waals surface area contributed by atoms with Gasteiger partial charge in [0, 0.05) is 6.54 Å². The van der Waals surface area contributed by atoms with Gasteiger partial charge in [0.25, 0.3) is 0 Å². The minimum atomic E-state index is -0.374. The summed E-state index contributed by atoms with van der Waals surface area (Å²) in [7, 11) is 0. The van der Waals surface area contributed by atoms with Crippen LogP contribution in [0.4, 0.5) is 0 Å². The summed E-state index contributed by atoms with van der Waals surface area (Å²) < 4.78 is 7.56. The normalized spacial score (nSPS) is 16.5. The van der Waals surface area contributed by atoms with Crippen LogP contribution in [0, 0.1) is 0 Å². The van der Waals surface area contributed by atoms with Crippen molar-refractivity contribution in [2.24, 2.45) is 0 Å². The fourth-order valence-electron chi connectivity index (χ4n) is 2.94. The van der Waals surface area contributed by atoms with Crippen molar-refractivity contribution in [3.05, 3.63) is 42.5 Å². The van der Waals surface area contributed by atoms with Gasteiger partial charge in [-0.2, -0.15) is 5.10 Å². The number of rotatable bonds is 6. The molecule has 6 heteroatoms. The van der Waals surface area contributed by atoms with E-state index in [1.807, 2.05) is 24.3 Å². The van der Waals surface area contributed by atoms with Gasteiger partial charge in [-0.05, 0) is 50.3 Å². The summed E-state index contributed by atoms with van der Waals surface area (Å²) in [4.78, 5) is 16.0. The Bertz CT molecular complexity index is 634. The standard InChI is InChI=1S/C18H24N4O2/c1-14(22-13-19-12-21-22)18(23)20-11-15-7-9-17(10-8-15)24-16-5-3-2-4-6-16/h7-10,12-14,16H,2-6,11H2,1H3,(H,20,23)/t14-/m1/s1. The maximum absolute atomic E-state index is 12.1. The van der Waals surface area contributed by atoms with Crippen molar-refractivity contribution in [3.8, 4) is 5.75 Å². The van der Waals surface area contributed by atoms with E-state index < -0.39 is 0 Å². The molecule has 24 heavy (non-hydrogen) atoms. The second-order valence-corrected chi connectivity index (χ2v) is 6.29. The summed E-state index contributed by atoms with van der Waals surface area (Å²) in [5, 5.41) is 6.91. The predicted molar refractivity (Wildman–Crippen MR) is 90.5 cm³/mol. The highest BCUT2D eigenvalue weighted by Crippen LogP contribution is 2.23. The highest BCUT2D eigenvalue weighted by molar-refractivity contribution is 5.79. The van der Waals surface area contributed by atoms with E-state index >= 15 is 0 Å². The fraction of sp³-hybridized carbons (Fsp3) is 0.500. The lowest BCUT2D eigenvalue weighted by Crippen LogP contribution is -2.30. The molecule has 1 amide bonds. The highest BCUT2D eigenvalue weighted by Gasteiger charge is 2.16. The first-order valence-corrected chi connectivity index (χ1v) is 8.60. The number of nitrogens with one attached hydrogen (secondary N) is 1. The van der Waals surface area contributed by atoms with E-state index in [1.165, 1.54) is 30.3 Å². The lowest BCUT2D eigenvalue weighted by molar-refractivity contribution is -0.124. The number of carbonyl (C=O) groups excluding carboxylic acids is 1. The number of nitrogens with zero attached hydrogens (tertiary/aromatic N) is 3. The van der Waals surface area contributed by atoms with Crippen LogP contribution in [0.25, 0.3) is 0 Å². The Morgan fingerprint density at radius 2 is 2.04 bits per heavy atom. The van der Waals surface area contributed by atoms with Gasteiger partial charge in [-0.15, -0.1) is 0 Å². The number of ether oxygens (including phenoxy) is 1. The van der Waals surface area contributed by atoms with E-state index in [2.05, 4.69) is 15.4 Å². The van der Waals surface area contributed by atoms with Gasteiger partial charge in [-0.1, -0.05) is 18.6 Å². The van der Waals surface area contributed by atoms with Crippen molar-refractivity contribution >= 4 is 5.91 Å². The van der Waals surface area contributed by atoms with E-state index in [-0.39, 0.29) is 11.9 Å². The summed E-state index contributed by atoms with van der Waals surface area (Å²) in [6.07, 6.45) is 9.47. The first-order chi connectivity index (χ1) is 11.7. The molecule has 128 valence electrons. The van der Waals surface area contributed by atoms with Crippen LogP contribution in [-0.4, -0.2) is 26.8 Å². The Hall–Kier alpha value is -2.37. The zero-order chi connectivity index (χ0) is 16.8. The monoisotopic (exact) mass is 328 g/mol. The Morgan fingerprint density at radius 3 is 2.71 bits per heavy atom. The van der Waals surface area contributed by atoms with Gasteiger partial charge in [0.15, 0.2) is 0 Å². The van der Waals surface area contributed by atoms with Crippen LogP contribution in [0.3, 0.4) is 0 Å². The summed E-state index contributed by atoms with van der Waals surface area (Å²) >= 11 is 0. The molecule has 1 saturated carbocycles. The second-order valence-electron chi connectivity index (χ2n) is 6.29. The molecule has 1 aromatic heterocycles. The molecule has 0 unspecified atom stereocenters. The second kappa shape index (κ2) is 7.95. The van der Waals surface area contributed by atoms with Crippen LogP contribution in [0.15, 0.2) is 36.9 Å². The largest absolute Gasteiger partial charge is 0.490 e. The molecule has 0 saturated heterocycles. The van der Waals surface area contributed by atoms with Gasteiger partial charge in [0.2, 0.25) is 5.91 Å². The van der Waals surface area contributed by atoms with E-state index in [1.54, 1.807) is 13.3 Å². The summed E-state index contributed by atoms with van der Waals surface area (Å²) in [5.74, 6) is 0.830. The Kier molecular flexibility index (Phi) is 5.46. The molecule has 1 aliphatic rings. The molecule has 1 aromatic carbocycles. The van der Waals surface area contributed by atoms with Crippen LogP contribution < -0.4 is 10.1 Å². The topological polar surface area (TPSA) is 69.0 Å². The smallest absolute Gasteiger partial charge is 0.244 e. The molecule has 6 nitrogen and oxygen atoms in total. The van der Waals surface area contributed by atoms with Gasteiger partial charge < -0.3 is 10.1 Å². The van der Waals surface area contributed by atoms with Gasteiger partial charge >= 0.3 is 0 Å². The third kappa shape index (κ3) is 4.34. The Labute approximate surface area is 142 Å². The number of hydrogen-bond donors (Lipinski definition) is 1. The SMILES string of the molecule is C[C@H](C(=O)NCc1ccc(OC2CCCCC2)cc1)n1cncn1. The summed E-state index contributed by atoms with van der Waals surface area (Å²) in [6.45, 7) is 2.28. The van der Waals surface area contributed by atoms with Crippen LogP contribution in [0.5, 0.6) is 5.75 Å². The fourth-order valence-corrected chi connectivity index (χ4v) is 2.94. The van der Waals surface area contributed by atoms with Gasteiger partial charge in [0.1, 0.15) is 24.4 Å². The zero-order valence-corrected chi connectivity index (χ0v) is 14.0. The third-order valence-corrected chi connectivity index (χ3v) is 4.46. The van der Waals surface area contributed by atoms with Crippen LogP contribution in [-0.2, 0) is 11.3 Å². The lowest BCUT2D eigenvalue weighted by atomic mass is 9.98.